The van der Waals surface area contributed by atoms with Gasteiger partial charge >= 0.3 is 0 Å². The quantitative estimate of drug-likeness (QED) is 0.588. The number of nitrogens with two attached hydrogens (primary N) is 1. The molecule has 2 amide bonds. The standard InChI is InChI=1S/C8H17N3O2/c1-6(9)8(13)11(3)5-4-7(12)10-2/h6H,4-5,9H2,1-3H3,(H,10,12)/t6-/m1/s1. The molecular formula is C8H17N3O2. The van der Waals surface area contributed by atoms with E-state index in [4.69, 9.17) is 5.73 Å². The predicted molar refractivity (Wildman–Crippen MR) is 50.0 cm³/mol. The molecule has 0 unspecified atom stereocenters. The number of carbonyl (C=O) groups is 2. The second-order valence-corrected chi connectivity index (χ2v) is 2.97. The number of nitrogens with one attached hydrogen (secondary N) is 1. The minimum Gasteiger partial charge on any atom is -0.359 e. The monoisotopic (exact) mass is 187 g/mol. The SMILES string of the molecule is CNC(=O)CCN(C)C(=O)[C@@H](C)N. The van der Waals surface area contributed by atoms with Gasteiger partial charge in [0.2, 0.25) is 11.8 Å². The van der Waals surface area contributed by atoms with Crippen molar-refractivity contribution >= 4 is 11.8 Å². The van der Waals surface area contributed by atoms with Crippen LogP contribution in [0, 0.1) is 0 Å². The van der Waals surface area contributed by atoms with Crippen molar-refractivity contribution in [2.45, 2.75) is 19.4 Å². The zero-order valence-corrected chi connectivity index (χ0v) is 8.33. The third kappa shape index (κ3) is 4.47. The lowest BCUT2D eigenvalue weighted by atomic mass is 10.3. The maximum absolute atomic E-state index is 11.2. The Morgan fingerprint density at radius 1 is 1.54 bits per heavy atom. The number of amides is 2. The number of nitrogens with zero attached hydrogens (tertiary/aromatic N) is 1. The van der Waals surface area contributed by atoms with Crippen molar-refractivity contribution in [2.24, 2.45) is 5.73 Å². The molecule has 0 radical (unpaired) electrons. The molecule has 0 saturated carbocycles. The summed E-state index contributed by atoms with van der Waals surface area (Å²) < 4.78 is 0. The highest BCUT2D eigenvalue weighted by molar-refractivity contribution is 5.82. The molecule has 0 fully saturated rings. The van der Waals surface area contributed by atoms with Crippen LogP contribution in [0.4, 0.5) is 0 Å². The molecular weight excluding hydrogens is 170 g/mol. The fourth-order valence-corrected chi connectivity index (χ4v) is 0.852. The van der Waals surface area contributed by atoms with Crippen LogP contribution < -0.4 is 11.1 Å². The van der Waals surface area contributed by atoms with Gasteiger partial charge in [-0.3, -0.25) is 9.59 Å². The van der Waals surface area contributed by atoms with E-state index in [1.807, 2.05) is 0 Å². The van der Waals surface area contributed by atoms with Crippen LogP contribution in [0.1, 0.15) is 13.3 Å². The van der Waals surface area contributed by atoms with E-state index in [1.54, 1.807) is 21.0 Å². The molecule has 3 N–H and O–H groups in total. The van der Waals surface area contributed by atoms with Gasteiger partial charge < -0.3 is 16.0 Å². The van der Waals surface area contributed by atoms with Gasteiger partial charge in [0.05, 0.1) is 6.04 Å². The molecule has 0 aliphatic carbocycles. The zero-order valence-electron chi connectivity index (χ0n) is 8.33. The third-order valence-corrected chi connectivity index (χ3v) is 1.72. The first kappa shape index (κ1) is 11.9. The number of likely N-dealkylation sites (N-methyl/N-ethyl adjacent to an activating group) is 1. The van der Waals surface area contributed by atoms with Crippen LogP contribution in [0.25, 0.3) is 0 Å². The molecule has 5 nitrogen and oxygen atoms in total. The smallest absolute Gasteiger partial charge is 0.238 e. The van der Waals surface area contributed by atoms with E-state index < -0.39 is 6.04 Å². The first-order chi connectivity index (χ1) is 5.99. The Labute approximate surface area is 78.3 Å². The summed E-state index contributed by atoms with van der Waals surface area (Å²) >= 11 is 0. The largest absolute Gasteiger partial charge is 0.359 e. The van der Waals surface area contributed by atoms with E-state index >= 15 is 0 Å². The fraction of sp³-hybridized carbons (Fsp3) is 0.750. The van der Waals surface area contributed by atoms with Gasteiger partial charge in [-0.1, -0.05) is 0 Å². The van der Waals surface area contributed by atoms with Gasteiger partial charge in [0.15, 0.2) is 0 Å². The van der Waals surface area contributed by atoms with Crippen LogP contribution in [0.3, 0.4) is 0 Å². The van der Waals surface area contributed by atoms with Crippen LogP contribution in [-0.2, 0) is 9.59 Å². The van der Waals surface area contributed by atoms with E-state index in [0.717, 1.165) is 0 Å². The Morgan fingerprint density at radius 2 is 2.08 bits per heavy atom. The molecule has 0 spiro atoms. The maximum atomic E-state index is 11.2. The Kier molecular flexibility index (Phi) is 5.06. The summed E-state index contributed by atoms with van der Waals surface area (Å²) in [5.74, 6) is -0.228. The molecule has 0 aromatic carbocycles. The summed E-state index contributed by atoms with van der Waals surface area (Å²) in [7, 11) is 3.20. The van der Waals surface area contributed by atoms with Crippen LogP contribution in [-0.4, -0.2) is 43.4 Å². The van der Waals surface area contributed by atoms with E-state index in [9.17, 15) is 9.59 Å². The zero-order chi connectivity index (χ0) is 10.4. The van der Waals surface area contributed by atoms with Crippen molar-refractivity contribution < 1.29 is 9.59 Å². The van der Waals surface area contributed by atoms with Gasteiger partial charge in [0.1, 0.15) is 0 Å². The van der Waals surface area contributed by atoms with E-state index in [1.165, 1.54) is 4.90 Å². The van der Waals surface area contributed by atoms with E-state index in [2.05, 4.69) is 5.32 Å². The topological polar surface area (TPSA) is 75.4 Å². The molecule has 0 aliphatic rings. The minimum absolute atomic E-state index is 0.0793. The van der Waals surface area contributed by atoms with Gasteiger partial charge in [-0.2, -0.15) is 0 Å². The fourth-order valence-electron chi connectivity index (χ4n) is 0.852. The predicted octanol–water partition coefficient (Wildman–Crippen LogP) is -1.07. The van der Waals surface area contributed by atoms with Gasteiger partial charge in [-0.25, -0.2) is 0 Å². The molecule has 1 atom stereocenters. The summed E-state index contributed by atoms with van der Waals surface area (Å²) in [5, 5.41) is 2.48. The number of carbonyl (C=O) groups excluding carboxylic acids is 2. The summed E-state index contributed by atoms with van der Waals surface area (Å²) in [6.45, 7) is 2.03. The highest BCUT2D eigenvalue weighted by Crippen LogP contribution is 1.91. The summed E-state index contributed by atoms with van der Waals surface area (Å²) in [4.78, 5) is 23.5. The van der Waals surface area contributed by atoms with Gasteiger partial charge in [-0.15, -0.1) is 0 Å². The average Bonchev–Trinajstić information content (AvgIpc) is 2.11. The Balaban J connectivity index is 3.81. The van der Waals surface area contributed by atoms with Crippen molar-refractivity contribution in [3.05, 3.63) is 0 Å². The molecule has 5 heteroatoms. The highest BCUT2D eigenvalue weighted by atomic mass is 16.2. The molecule has 0 aromatic rings. The second-order valence-electron chi connectivity index (χ2n) is 2.97. The van der Waals surface area contributed by atoms with Crippen LogP contribution in [0.2, 0.25) is 0 Å². The molecule has 0 aliphatic heterocycles. The number of hydrogen-bond acceptors (Lipinski definition) is 3. The van der Waals surface area contributed by atoms with Crippen molar-refractivity contribution in [3.63, 3.8) is 0 Å². The highest BCUT2D eigenvalue weighted by Gasteiger charge is 2.13. The molecule has 0 bridgehead atoms. The van der Waals surface area contributed by atoms with Crippen LogP contribution in [0.15, 0.2) is 0 Å². The second kappa shape index (κ2) is 5.53. The maximum Gasteiger partial charge on any atom is 0.238 e. The molecule has 0 aromatic heterocycles. The van der Waals surface area contributed by atoms with Crippen molar-refractivity contribution in [2.75, 3.05) is 20.6 Å². The lowest BCUT2D eigenvalue weighted by Gasteiger charge is -2.18. The first-order valence-electron chi connectivity index (χ1n) is 4.20. The van der Waals surface area contributed by atoms with Crippen molar-refractivity contribution in [1.29, 1.82) is 0 Å². The molecule has 0 rings (SSSR count). The molecule has 0 saturated heterocycles. The average molecular weight is 187 g/mol. The minimum atomic E-state index is -0.505. The first-order valence-corrected chi connectivity index (χ1v) is 4.20. The van der Waals surface area contributed by atoms with Crippen molar-refractivity contribution in [3.8, 4) is 0 Å². The Morgan fingerprint density at radius 3 is 2.46 bits per heavy atom. The van der Waals surface area contributed by atoms with Gasteiger partial charge in [0, 0.05) is 27.1 Å². The summed E-state index contributed by atoms with van der Waals surface area (Å²) in [5.41, 5.74) is 5.38. The van der Waals surface area contributed by atoms with Crippen LogP contribution >= 0.6 is 0 Å². The molecule has 13 heavy (non-hydrogen) atoms. The van der Waals surface area contributed by atoms with Crippen LogP contribution in [0.5, 0.6) is 0 Å². The normalized spacial score (nSPS) is 12.0. The Hall–Kier alpha value is -1.10. The van der Waals surface area contributed by atoms with E-state index in [-0.39, 0.29) is 11.8 Å². The molecule has 0 heterocycles. The van der Waals surface area contributed by atoms with E-state index in [0.29, 0.717) is 13.0 Å². The Bertz CT molecular complexity index is 192. The third-order valence-electron chi connectivity index (χ3n) is 1.72. The summed E-state index contributed by atoms with van der Waals surface area (Å²) in [6.07, 6.45) is 0.311. The van der Waals surface area contributed by atoms with Gasteiger partial charge in [-0.05, 0) is 6.92 Å². The number of hydrogen-bond donors (Lipinski definition) is 2. The number of rotatable bonds is 4. The molecule has 76 valence electrons. The lowest BCUT2D eigenvalue weighted by Crippen LogP contribution is -2.41. The van der Waals surface area contributed by atoms with Gasteiger partial charge in [0.25, 0.3) is 0 Å². The lowest BCUT2D eigenvalue weighted by molar-refractivity contribution is -0.131. The summed E-state index contributed by atoms with van der Waals surface area (Å²) in [6, 6.07) is -0.505. The van der Waals surface area contributed by atoms with Crippen molar-refractivity contribution in [1.82, 2.24) is 10.2 Å².